The monoisotopic (exact) mass is 356 g/mol. The molecule has 1 aromatic rings. The molecule has 0 radical (unpaired) electrons. The minimum atomic E-state index is 0.363. The van der Waals surface area contributed by atoms with Crippen LogP contribution in [0.3, 0.4) is 0 Å². The molecule has 0 aliphatic rings. The summed E-state index contributed by atoms with van der Waals surface area (Å²) in [5.74, 6) is 0. The van der Waals surface area contributed by atoms with Gasteiger partial charge in [0, 0.05) is 0 Å². The first kappa shape index (κ1) is 20.6. The SMILES string of the molecule is Cc1ccc(PC(C)(C)C)c(PC(C)(C)C)c1PC(C)(C)C. The highest BCUT2D eigenvalue weighted by Crippen LogP contribution is 2.38. The van der Waals surface area contributed by atoms with E-state index in [0.29, 0.717) is 15.5 Å². The first-order valence-corrected chi connectivity index (χ1v) is 11.2. The number of hydrogen-bond acceptors (Lipinski definition) is 0. The summed E-state index contributed by atoms with van der Waals surface area (Å²) in [6.07, 6.45) is 0. The van der Waals surface area contributed by atoms with Gasteiger partial charge in [-0.25, -0.2) is 0 Å². The van der Waals surface area contributed by atoms with Crippen LogP contribution in [0.5, 0.6) is 0 Å². The molecule has 0 heterocycles. The average Bonchev–Trinajstić information content (AvgIpc) is 2.22. The first-order chi connectivity index (χ1) is 9.68. The molecule has 22 heavy (non-hydrogen) atoms. The van der Waals surface area contributed by atoms with Crippen LogP contribution in [-0.2, 0) is 0 Å². The highest BCUT2D eigenvalue weighted by molar-refractivity contribution is 7.59. The molecular weight excluding hydrogens is 321 g/mol. The maximum Gasteiger partial charge on any atom is -0.0115 e. The predicted octanol–water partition coefficient (Wildman–Crippen LogP) is 5.30. The van der Waals surface area contributed by atoms with Crippen LogP contribution >= 0.6 is 25.7 Å². The lowest BCUT2D eigenvalue weighted by Gasteiger charge is -2.30. The van der Waals surface area contributed by atoms with Crippen LogP contribution in [0.15, 0.2) is 12.1 Å². The smallest absolute Gasteiger partial charge is 0.0115 e. The quantitative estimate of drug-likeness (QED) is 0.645. The summed E-state index contributed by atoms with van der Waals surface area (Å²) in [6, 6.07) is 4.77. The zero-order valence-corrected chi connectivity index (χ0v) is 19.2. The van der Waals surface area contributed by atoms with Crippen LogP contribution in [0.2, 0.25) is 0 Å². The molecule has 3 unspecified atom stereocenters. The number of aryl methyl sites for hydroxylation is 1. The predicted molar refractivity (Wildman–Crippen MR) is 114 cm³/mol. The lowest BCUT2D eigenvalue weighted by molar-refractivity contribution is 0.796. The maximum atomic E-state index is 2.41. The molecule has 0 nitrogen and oxygen atoms in total. The highest BCUT2D eigenvalue weighted by atomic mass is 31.1. The largest absolute Gasteiger partial charge is 0.0841 e. The molecule has 0 amide bonds. The van der Waals surface area contributed by atoms with E-state index in [4.69, 9.17) is 0 Å². The summed E-state index contributed by atoms with van der Waals surface area (Å²) >= 11 is 0. The molecule has 0 aliphatic carbocycles. The van der Waals surface area contributed by atoms with Gasteiger partial charge in [-0.05, 0) is 43.9 Å². The maximum absolute atomic E-state index is 2.41. The zero-order valence-electron chi connectivity index (χ0n) is 16.2. The van der Waals surface area contributed by atoms with Crippen LogP contribution in [0.1, 0.15) is 67.9 Å². The Morgan fingerprint density at radius 3 is 1.41 bits per heavy atom. The second-order valence-electron chi connectivity index (χ2n) is 9.31. The van der Waals surface area contributed by atoms with Crippen molar-refractivity contribution in [3.8, 4) is 0 Å². The minimum Gasteiger partial charge on any atom is -0.0841 e. The molecular formula is C19H35P3. The molecule has 3 atom stereocenters. The highest BCUT2D eigenvalue weighted by Gasteiger charge is 2.24. The van der Waals surface area contributed by atoms with Gasteiger partial charge in [0.25, 0.3) is 0 Å². The number of rotatable bonds is 3. The van der Waals surface area contributed by atoms with E-state index in [2.05, 4.69) is 81.4 Å². The van der Waals surface area contributed by atoms with Crippen molar-refractivity contribution < 1.29 is 0 Å². The molecule has 0 aromatic heterocycles. The van der Waals surface area contributed by atoms with Crippen molar-refractivity contribution >= 4 is 41.7 Å². The van der Waals surface area contributed by atoms with E-state index >= 15 is 0 Å². The molecule has 126 valence electrons. The molecule has 0 aliphatic heterocycles. The van der Waals surface area contributed by atoms with Crippen molar-refractivity contribution in [1.82, 2.24) is 0 Å². The van der Waals surface area contributed by atoms with Crippen LogP contribution in [0, 0.1) is 6.92 Å². The first-order valence-electron chi connectivity index (χ1n) is 8.16. The fraction of sp³-hybridized carbons (Fsp3) is 0.684. The number of benzene rings is 1. The van der Waals surface area contributed by atoms with E-state index in [1.165, 1.54) is 5.56 Å². The van der Waals surface area contributed by atoms with Crippen LogP contribution in [0.25, 0.3) is 0 Å². The molecule has 0 saturated carbocycles. The molecule has 3 heteroatoms. The van der Waals surface area contributed by atoms with Crippen molar-refractivity contribution in [2.24, 2.45) is 0 Å². The third-order valence-electron chi connectivity index (χ3n) is 2.92. The molecule has 0 fully saturated rings. The fourth-order valence-electron chi connectivity index (χ4n) is 2.26. The Kier molecular flexibility index (Phi) is 6.70. The summed E-state index contributed by atoms with van der Waals surface area (Å²) in [5, 5.41) is 6.03. The van der Waals surface area contributed by atoms with E-state index in [1.807, 2.05) is 0 Å². The number of hydrogen-bond donors (Lipinski definition) is 0. The lowest BCUT2D eigenvalue weighted by atomic mass is 10.2. The zero-order chi connectivity index (χ0) is 17.3. The summed E-state index contributed by atoms with van der Waals surface area (Å²) in [6.45, 7) is 23.6. The standard InChI is InChI=1S/C19H35P3/c1-13-11-12-14(20-17(2,3)4)16(22-19(8,9)10)15(13)21-18(5,6)7/h11-12,20-22H,1-10H3. The van der Waals surface area contributed by atoms with E-state index in [1.54, 1.807) is 15.9 Å². The second kappa shape index (κ2) is 7.18. The topological polar surface area (TPSA) is 0 Å². The van der Waals surface area contributed by atoms with Crippen molar-refractivity contribution in [1.29, 1.82) is 0 Å². The Morgan fingerprint density at radius 1 is 0.591 bits per heavy atom. The minimum absolute atomic E-state index is 0.363. The molecule has 0 spiro atoms. The summed E-state index contributed by atoms with van der Waals surface area (Å²) < 4.78 is 0. The molecule has 0 bridgehead atoms. The molecule has 1 aromatic carbocycles. The second-order valence-corrected chi connectivity index (χ2v) is 16.1. The van der Waals surface area contributed by atoms with Gasteiger partial charge < -0.3 is 0 Å². The fourth-order valence-corrected chi connectivity index (χ4v) is 6.94. The summed E-state index contributed by atoms with van der Waals surface area (Å²) in [4.78, 5) is 0. The van der Waals surface area contributed by atoms with Gasteiger partial charge in [-0.2, -0.15) is 0 Å². The van der Waals surface area contributed by atoms with Gasteiger partial charge in [-0.15, -0.1) is 0 Å². The lowest BCUT2D eigenvalue weighted by Crippen LogP contribution is -2.36. The Balaban J connectivity index is 3.42. The van der Waals surface area contributed by atoms with Gasteiger partial charge >= 0.3 is 0 Å². The van der Waals surface area contributed by atoms with Crippen molar-refractivity contribution in [2.45, 2.75) is 84.7 Å². The van der Waals surface area contributed by atoms with E-state index in [9.17, 15) is 0 Å². The van der Waals surface area contributed by atoms with Gasteiger partial charge in [0.1, 0.15) is 0 Å². The Labute approximate surface area is 144 Å². The van der Waals surface area contributed by atoms with Gasteiger partial charge in [0.2, 0.25) is 0 Å². The van der Waals surface area contributed by atoms with Gasteiger partial charge in [-0.1, -0.05) is 100 Å². The Morgan fingerprint density at radius 2 is 1.00 bits per heavy atom. The summed E-state index contributed by atoms with van der Waals surface area (Å²) in [5.41, 5.74) is 1.49. The molecule has 0 N–H and O–H groups in total. The van der Waals surface area contributed by atoms with Gasteiger partial charge in [0.15, 0.2) is 0 Å². The molecule has 1 rings (SSSR count). The van der Waals surface area contributed by atoms with Crippen molar-refractivity contribution in [3.63, 3.8) is 0 Å². The third kappa shape index (κ3) is 7.39. The Hall–Kier alpha value is 0.510. The van der Waals surface area contributed by atoms with Crippen molar-refractivity contribution in [3.05, 3.63) is 17.7 Å². The summed E-state index contributed by atoms with van der Waals surface area (Å²) in [7, 11) is 2.67. The Bertz CT molecular complexity index is 511. The average molecular weight is 356 g/mol. The van der Waals surface area contributed by atoms with Crippen LogP contribution in [0.4, 0.5) is 0 Å². The van der Waals surface area contributed by atoms with E-state index in [0.717, 1.165) is 25.7 Å². The van der Waals surface area contributed by atoms with E-state index in [-0.39, 0.29) is 0 Å². The van der Waals surface area contributed by atoms with Crippen LogP contribution < -0.4 is 15.9 Å². The normalized spacial score (nSPS) is 15.2. The molecule has 0 saturated heterocycles. The van der Waals surface area contributed by atoms with E-state index < -0.39 is 0 Å². The van der Waals surface area contributed by atoms with Gasteiger partial charge in [0.05, 0.1) is 0 Å². The van der Waals surface area contributed by atoms with Crippen LogP contribution in [-0.4, -0.2) is 15.5 Å². The van der Waals surface area contributed by atoms with Crippen molar-refractivity contribution in [2.75, 3.05) is 0 Å². The third-order valence-corrected chi connectivity index (χ3v) is 8.02. The van der Waals surface area contributed by atoms with Gasteiger partial charge in [-0.3, -0.25) is 0 Å².